The number of hydrogen-bond donors (Lipinski definition) is 0. The lowest BCUT2D eigenvalue weighted by molar-refractivity contribution is 0.0371. The number of ether oxygens (including phenoxy) is 2. The second-order valence-electron chi connectivity index (χ2n) is 12.7. The molecule has 0 bridgehead atoms. The molecule has 0 saturated heterocycles. The van der Waals surface area contributed by atoms with Gasteiger partial charge in [0.25, 0.3) is 0 Å². The van der Waals surface area contributed by atoms with Crippen molar-refractivity contribution >= 4 is 34.0 Å². The van der Waals surface area contributed by atoms with Crippen LogP contribution in [0.4, 0.5) is 0 Å². The Balaban J connectivity index is 1.70. The van der Waals surface area contributed by atoms with Gasteiger partial charge in [0.05, 0.1) is 16.1 Å². The van der Waals surface area contributed by atoms with E-state index in [-0.39, 0.29) is 0 Å². The van der Waals surface area contributed by atoms with Gasteiger partial charge in [-0.3, -0.25) is 0 Å². The van der Waals surface area contributed by atoms with Crippen LogP contribution in [0, 0.1) is 22.7 Å². The van der Waals surface area contributed by atoms with Crippen molar-refractivity contribution < 1.29 is 9.47 Å². The van der Waals surface area contributed by atoms with Crippen LogP contribution in [0.1, 0.15) is 84.1 Å². The molecular formula is C37H38Cl2N2O2. The average Bonchev–Trinajstić information content (AvgIpc) is 2.95. The van der Waals surface area contributed by atoms with Gasteiger partial charge in [0.1, 0.15) is 35.0 Å². The van der Waals surface area contributed by atoms with Gasteiger partial charge in [-0.1, -0.05) is 75.7 Å². The zero-order valence-electron chi connectivity index (χ0n) is 26.1. The van der Waals surface area contributed by atoms with Gasteiger partial charge < -0.3 is 9.47 Å². The molecule has 0 unspecified atom stereocenters. The Labute approximate surface area is 265 Å². The van der Waals surface area contributed by atoms with E-state index in [2.05, 4.69) is 39.8 Å². The van der Waals surface area contributed by atoms with E-state index in [0.29, 0.717) is 33.4 Å². The Bertz CT molecular complexity index is 1760. The second kappa shape index (κ2) is 11.8. The van der Waals surface area contributed by atoms with Gasteiger partial charge >= 0.3 is 0 Å². The van der Waals surface area contributed by atoms with Gasteiger partial charge in [-0.05, 0) is 87.0 Å². The summed E-state index contributed by atoms with van der Waals surface area (Å²) in [6, 6.07) is 27.6. The summed E-state index contributed by atoms with van der Waals surface area (Å²) < 4.78 is 13.1. The van der Waals surface area contributed by atoms with Crippen LogP contribution in [0.5, 0.6) is 17.2 Å². The predicted octanol–water partition coefficient (Wildman–Crippen LogP) is 10.8. The summed E-state index contributed by atoms with van der Waals surface area (Å²) in [4.78, 5) is -0.573. The number of alkyl halides is 1. The molecule has 6 heteroatoms. The van der Waals surface area contributed by atoms with E-state index in [1.165, 1.54) is 0 Å². The standard InChI is InChI=1S/C37H38Cl2N2O2/c1-9-37(8,35(4,5)39)30-15-12-17-32(28(30)23-41)42-25-19-20-26-24(21-25)13-10-18-33(26)43-36(6,7)34(2,3)29-14-11-16-31(38)27(29)22-40/h10-21H,9H2,1-8H3/t37-/m0/s1. The van der Waals surface area contributed by atoms with E-state index in [0.717, 1.165) is 28.3 Å². The van der Waals surface area contributed by atoms with Gasteiger partial charge in [0.2, 0.25) is 0 Å². The molecule has 0 saturated carbocycles. The maximum absolute atomic E-state index is 10.2. The lowest BCUT2D eigenvalue weighted by atomic mass is 9.69. The molecule has 0 aliphatic carbocycles. The Kier molecular flexibility index (Phi) is 8.82. The van der Waals surface area contributed by atoms with Crippen molar-refractivity contribution in [3.05, 3.63) is 100 Å². The molecule has 43 heavy (non-hydrogen) atoms. The first-order chi connectivity index (χ1) is 20.1. The van der Waals surface area contributed by atoms with Crippen LogP contribution in [-0.4, -0.2) is 10.5 Å². The van der Waals surface area contributed by atoms with E-state index >= 15 is 0 Å². The highest BCUT2D eigenvalue weighted by Gasteiger charge is 2.43. The fraction of sp³-hybridized carbons (Fsp3) is 0.351. The molecule has 0 aliphatic rings. The van der Waals surface area contributed by atoms with Gasteiger partial charge in [0.15, 0.2) is 0 Å². The van der Waals surface area contributed by atoms with Crippen molar-refractivity contribution in [2.24, 2.45) is 0 Å². The fourth-order valence-corrected chi connectivity index (χ4v) is 5.97. The zero-order chi connectivity index (χ0) is 31.8. The molecule has 0 fully saturated rings. The van der Waals surface area contributed by atoms with Crippen molar-refractivity contribution in [3.63, 3.8) is 0 Å². The molecule has 0 N–H and O–H groups in total. The van der Waals surface area contributed by atoms with Crippen LogP contribution in [0.3, 0.4) is 0 Å². The topological polar surface area (TPSA) is 66.0 Å². The van der Waals surface area contributed by atoms with E-state index in [4.69, 9.17) is 32.7 Å². The molecule has 4 nitrogen and oxygen atoms in total. The van der Waals surface area contributed by atoms with Crippen LogP contribution in [0.15, 0.2) is 72.8 Å². The Morgan fingerprint density at radius 1 is 0.744 bits per heavy atom. The predicted molar refractivity (Wildman–Crippen MR) is 177 cm³/mol. The number of nitrogens with zero attached hydrogens (tertiary/aromatic N) is 2. The first-order valence-corrected chi connectivity index (χ1v) is 15.2. The monoisotopic (exact) mass is 612 g/mol. The summed E-state index contributed by atoms with van der Waals surface area (Å²) in [6.45, 7) is 16.3. The fourth-order valence-electron chi connectivity index (χ4n) is 5.52. The van der Waals surface area contributed by atoms with Crippen molar-refractivity contribution in [1.29, 1.82) is 10.5 Å². The van der Waals surface area contributed by atoms with E-state index in [1.807, 2.05) is 94.4 Å². The third-order valence-corrected chi connectivity index (χ3v) is 10.2. The SMILES string of the molecule is CC[C@@](C)(c1cccc(Oc2ccc3c(OC(C)(C)C(C)(C)c4cccc(Cl)c4C#N)cccc3c2)c1C#N)C(C)(C)Cl. The minimum Gasteiger partial charge on any atom is -0.486 e. The smallest absolute Gasteiger partial charge is 0.145 e. The summed E-state index contributed by atoms with van der Waals surface area (Å²) in [6.07, 6.45) is 0.767. The van der Waals surface area contributed by atoms with Gasteiger partial charge in [-0.15, -0.1) is 11.6 Å². The minimum atomic E-state index is -0.711. The summed E-state index contributed by atoms with van der Waals surface area (Å²) in [5, 5.41) is 22.3. The number of nitriles is 2. The summed E-state index contributed by atoms with van der Waals surface area (Å²) in [5.74, 6) is 1.81. The first-order valence-electron chi connectivity index (χ1n) is 14.4. The maximum atomic E-state index is 10.2. The molecule has 4 rings (SSSR count). The largest absolute Gasteiger partial charge is 0.486 e. The zero-order valence-corrected chi connectivity index (χ0v) is 27.6. The molecule has 0 spiro atoms. The van der Waals surface area contributed by atoms with E-state index < -0.39 is 21.3 Å². The molecule has 4 aromatic carbocycles. The molecule has 0 amide bonds. The molecule has 0 aromatic heterocycles. The summed E-state index contributed by atoms with van der Waals surface area (Å²) in [5.41, 5.74) is 0.939. The quantitative estimate of drug-likeness (QED) is 0.176. The van der Waals surface area contributed by atoms with Crippen LogP contribution >= 0.6 is 23.2 Å². The number of fused-ring (bicyclic) bond motifs is 1. The molecule has 1 atom stereocenters. The molecule has 0 heterocycles. The highest BCUT2D eigenvalue weighted by atomic mass is 35.5. The van der Waals surface area contributed by atoms with Crippen molar-refractivity contribution in [1.82, 2.24) is 0 Å². The number of hydrogen-bond acceptors (Lipinski definition) is 4. The van der Waals surface area contributed by atoms with Crippen LogP contribution in [-0.2, 0) is 10.8 Å². The van der Waals surface area contributed by atoms with Gasteiger partial charge in [-0.2, -0.15) is 10.5 Å². The van der Waals surface area contributed by atoms with Crippen molar-refractivity contribution in [2.75, 3.05) is 0 Å². The Morgan fingerprint density at radius 2 is 1.35 bits per heavy atom. The maximum Gasteiger partial charge on any atom is 0.145 e. The minimum absolute atomic E-state index is 0.428. The van der Waals surface area contributed by atoms with Crippen molar-refractivity contribution in [3.8, 4) is 29.4 Å². The lowest BCUT2D eigenvalue weighted by Gasteiger charge is -2.42. The number of rotatable bonds is 9. The third kappa shape index (κ3) is 5.80. The normalized spacial score (nSPS) is 13.6. The van der Waals surface area contributed by atoms with Gasteiger partial charge in [0, 0.05) is 21.1 Å². The molecule has 0 radical (unpaired) electrons. The summed E-state index contributed by atoms with van der Waals surface area (Å²) >= 11 is 13.2. The number of benzene rings is 4. The lowest BCUT2D eigenvalue weighted by Crippen LogP contribution is -2.48. The number of halogens is 2. The highest BCUT2D eigenvalue weighted by molar-refractivity contribution is 6.31. The second-order valence-corrected chi connectivity index (χ2v) is 14.1. The molecule has 222 valence electrons. The highest BCUT2D eigenvalue weighted by Crippen LogP contribution is 2.46. The van der Waals surface area contributed by atoms with Gasteiger partial charge in [-0.25, -0.2) is 0 Å². The van der Waals surface area contributed by atoms with Crippen molar-refractivity contribution in [2.45, 2.75) is 83.1 Å². The average molecular weight is 614 g/mol. The molecule has 0 aliphatic heterocycles. The van der Waals surface area contributed by atoms with E-state index in [9.17, 15) is 10.5 Å². The van der Waals surface area contributed by atoms with Crippen LogP contribution in [0.2, 0.25) is 5.02 Å². The Morgan fingerprint density at radius 3 is 1.98 bits per heavy atom. The Hall–Kier alpha value is -3.70. The summed E-state index contributed by atoms with van der Waals surface area (Å²) in [7, 11) is 0. The van der Waals surface area contributed by atoms with Crippen LogP contribution in [0.25, 0.3) is 10.8 Å². The van der Waals surface area contributed by atoms with Crippen LogP contribution < -0.4 is 9.47 Å². The third-order valence-electron chi connectivity index (χ3n) is 9.46. The molecular weight excluding hydrogens is 575 g/mol. The first kappa shape index (κ1) is 32.2. The molecule has 4 aromatic rings. The van der Waals surface area contributed by atoms with E-state index in [1.54, 1.807) is 6.07 Å².